The third-order valence-corrected chi connectivity index (χ3v) is 3.97. The number of nitrogens with one attached hydrogen (secondary N) is 1. The van der Waals surface area contributed by atoms with Crippen LogP contribution in [0.4, 0.5) is 5.69 Å². The van der Waals surface area contributed by atoms with Gasteiger partial charge in [0, 0.05) is 5.39 Å². The molecule has 142 valence electrons. The Morgan fingerprint density at radius 2 is 1.71 bits per heavy atom. The lowest BCUT2D eigenvalue weighted by molar-refractivity contribution is -0.117. The number of nitrogens with zero attached hydrogens (tertiary/aromatic N) is 2. The summed E-state index contributed by atoms with van der Waals surface area (Å²) in [6, 6.07) is 12.3. The number of carbonyl (C=O) groups is 3. The smallest absolute Gasteiger partial charge is 0.357 e. The molecule has 0 saturated heterocycles. The molecule has 28 heavy (non-hydrogen) atoms. The van der Waals surface area contributed by atoms with E-state index >= 15 is 0 Å². The van der Waals surface area contributed by atoms with Gasteiger partial charge in [-0.3, -0.25) is 9.59 Å². The van der Waals surface area contributed by atoms with Crippen LogP contribution in [0.2, 0.25) is 0 Å². The molecule has 0 fully saturated rings. The van der Waals surface area contributed by atoms with Gasteiger partial charge in [0.2, 0.25) is 5.91 Å². The van der Waals surface area contributed by atoms with Gasteiger partial charge in [-0.2, -0.15) is 5.10 Å². The summed E-state index contributed by atoms with van der Waals surface area (Å²) in [7, 11) is 1.22. The maximum absolute atomic E-state index is 12.6. The van der Waals surface area contributed by atoms with Gasteiger partial charge in [0.1, 0.15) is 6.54 Å². The molecule has 0 aliphatic carbocycles. The van der Waals surface area contributed by atoms with Crippen molar-refractivity contribution in [2.45, 2.75) is 6.54 Å². The number of methoxy groups -OCH3 is 1. The Bertz CT molecular complexity index is 1150. The molecule has 2 aromatic carbocycles. The highest BCUT2D eigenvalue weighted by molar-refractivity contribution is 6.02. The SMILES string of the molecule is COC(=O)c1ccccc1NC(=O)Cn1nc(C(=O)O)c2ccccc2c1=O. The van der Waals surface area contributed by atoms with Gasteiger partial charge >= 0.3 is 11.9 Å². The van der Waals surface area contributed by atoms with Crippen LogP contribution in [-0.4, -0.2) is 39.8 Å². The van der Waals surface area contributed by atoms with Gasteiger partial charge in [-0.25, -0.2) is 14.3 Å². The third kappa shape index (κ3) is 3.58. The molecule has 2 N–H and O–H groups in total. The van der Waals surface area contributed by atoms with Crippen molar-refractivity contribution in [3.05, 3.63) is 70.1 Å². The summed E-state index contributed by atoms with van der Waals surface area (Å²) in [5, 5.41) is 16.0. The fourth-order valence-electron chi connectivity index (χ4n) is 2.71. The predicted molar refractivity (Wildman–Crippen MR) is 99.4 cm³/mol. The molecular weight excluding hydrogens is 366 g/mol. The summed E-state index contributed by atoms with van der Waals surface area (Å²) in [6.45, 7) is -0.528. The Balaban J connectivity index is 1.95. The number of aromatic carboxylic acids is 1. The van der Waals surface area contributed by atoms with Gasteiger partial charge in [-0.1, -0.05) is 30.3 Å². The van der Waals surface area contributed by atoms with Crippen molar-refractivity contribution in [3.63, 3.8) is 0 Å². The minimum absolute atomic E-state index is 0.137. The number of aromatic nitrogens is 2. The Morgan fingerprint density at radius 3 is 2.39 bits per heavy atom. The van der Waals surface area contributed by atoms with E-state index in [9.17, 15) is 24.3 Å². The number of hydrogen-bond acceptors (Lipinski definition) is 6. The molecule has 0 bridgehead atoms. The molecule has 3 aromatic rings. The first-order valence-electron chi connectivity index (χ1n) is 8.12. The molecule has 9 heteroatoms. The summed E-state index contributed by atoms with van der Waals surface area (Å²) in [5.41, 5.74) is -0.593. The highest BCUT2D eigenvalue weighted by atomic mass is 16.5. The lowest BCUT2D eigenvalue weighted by Gasteiger charge is -2.11. The molecule has 0 spiro atoms. The predicted octanol–water partition coefficient (Wildman–Crippen LogP) is 1.52. The molecule has 3 rings (SSSR count). The van der Waals surface area contributed by atoms with E-state index in [1.54, 1.807) is 24.3 Å². The van der Waals surface area contributed by atoms with Crippen LogP contribution in [0.25, 0.3) is 10.8 Å². The average molecular weight is 381 g/mol. The van der Waals surface area contributed by atoms with E-state index in [-0.39, 0.29) is 27.7 Å². The van der Waals surface area contributed by atoms with Crippen LogP contribution < -0.4 is 10.9 Å². The fourth-order valence-corrected chi connectivity index (χ4v) is 2.71. The normalized spacial score (nSPS) is 10.5. The monoisotopic (exact) mass is 381 g/mol. The van der Waals surface area contributed by atoms with Crippen molar-refractivity contribution in [2.75, 3.05) is 12.4 Å². The van der Waals surface area contributed by atoms with Crippen molar-refractivity contribution in [1.82, 2.24) is 9.78 Å². The summed E-state index contributed by atoms with van der Waals surface area (Å²) in [5.74, 6) is -2.61. The van der Waals surface area contributed by atoms with Crippen molar-refractivity contribution < 1.29 is 24.2 Å². The van der Waals surface area contributed by atoms with Crippen molar-refractivity contribution >= 4 is 34.3 Å². The average Bonchev–Trinajstić information content (AvgIpc) is 2.69. The number of anilines is 1. The molecule has 0 radical (unpaired) electrons. The van der Waals surface area contributed by atoms with Gasteiger partial charge in [-0.05, 0) is 18.2 Å². The molecule has 0 saturated carbocycles. The maximum atomic E-state index is 12.6. The van der Waals surface area contributed by atoms with E-state index < -0.39 is 29.9 Å². The first kappa shape index (κ1) is 18.8. The Hall–Kier alpha value is -4.01. The van der Waals surface area contributed by atoms with Crippen LogP contribution in [0, 0.1) is 0 Å². The zero-order valence-electron chi connectivity index (χ0n) is 14.7. The largest absolute Gasteiger partial charge is 0.476 e. The molecule has 1 heterocycles. The summed E-state index contributed by atoms with van der Waals surface area (Å²) >= 11 is 0. The van der Waals surface area contributed by atoms with Crippen LogP contribution in [-0.2, 0) is 16.1 Å². The summed E-state index contributed by atoms with van der Waals surface area (Å²) in [6.07, 6.45) is 0. The Morgan fingerprint density at radius 1 is 1.07 bits per heavy atom. The van der Waals surface area contributed by atoms with Crippen LogP contribution in [0.1, 0.15) is 20.8 Å². The molecular formula is C19H15N3O6. The Kier molecular flexibility index (Phi) is 5.16. The van der Waals surface area contributed by atoms with Crippen molar-refractivity contribution in [1.29, 1.82) is 0 Å². The first-order chi connectivity index (χ1) is 13.4. The van der Waals surface area contributed by atoms with Crippen LogP contribution in [0.3, 0.4) is 0 Å². The van der Waals surface area contributed by atoms with Gasteiger partial charge < -0.3 is 15.2 Å². The van der Waals surface area contributed by atoms with E-state index in [4.69, 9.17) is 0 Å². The minimum atomic E-state index is -1.32. The minimum Gasteiger partial charge on any atom is -0.476 e. The lowest BCUT2D eigenvalue weighted by Crippen LogP contribution is -2.31. The van der Waals surface area contributed by atoms with Crippen molar-refractivity contribution in [2.24, 2.45) is 0 Å². The van der Waals surface area contributed by atoms with Gasteiger partial charge in [0.05, 0.1) is 23.7 Å². The first-order valence-corrected chi connectivity index (χ1v) is 8.12. The zero-order valence-corrected chi connectivity index (χ0v) is 14.7. The quantitative estimate of drug-likeness (QED) is 0.641. The molecule has 0 atom stereocenters. The highest BCUT2D eigenvalue weighted by Gasteiger charge is 2.18. The molecule has 1 aromatic heterocycles. The van der Waals surface area contributed by atoms with E-state index in [2.05, 4.69) is 15.2 Å². The second-order valence-corrected chi connectivity index (χ2v) is 5.75. The molecule has 1 amide bonds. The number of esters is 1. The number of amides is 1. The number of carbonyl (C=O) groups excluding carboxylic acids is 2. The van der Waals surface area contributed by atoms with Gasteiger partial charge in [0.15, 0.2) is 5.69 Å². The molecule has 9 nitrogen and oxygen atoms in total. The zero-order chi connectivity index (χ0) is 20.3. The van der Waals surface area contributed by atoms with E-state index in [1.807, 2.05) is 0 Å². The second kappa shape index (κ2) is 7.70. The van der Waals surface area contributed by atoms with Gasteiger partial charge in [0.25, 0.3) is 5.56 Å². The number of carboxylic acid groups (broad SMARTS) is 1. The Labute approximate surface area is 158 Å². The lowest BCUT2D eigenvalue weighted by atomic mass is 10.1. The van der Waals surface area contributed by atoms with Crippen molar-refractivity contribution in [3.8, 4) is 0 Å². The molecule has 0 unspecified atom stereocenters. The third-order valence-electron chi connectivity index (χ3n) is 3.97. The number of hydrogen-bond donors (Lipinski definition) is 2. The number of rotatable bonds is 5. The van der Waals surface area contributed by atoms with Crippen LogP contribution in [0.15, 0.2) is 53.3 Å². The number of fused-ring (bicyclic) bond motifs is 1. The topological polar surface area (TPSA) is 128 Å². The van der Waals surface area contributed by atoms with Crippen LogP contribution in [0.5, 0.6) is 0 Å². The molecule has 0 aliphatic heterocycles. The molecule has 0 aliphatic rings. The maximum Gasteiger partial charge on any atom is 0.357 e. The van der Waals surface area contributed by atoms with E-state index in [1.165, 1.54) is 31.4 Å². The highest BCUT2D eigenvalue weighted by Crippen LogP contribution is 2.16. The second-order valence-electron chi connectivity index (χ2n) is 5.75. The van der Waals surface area contributed by atoms with Crippen LogP contribution >= 0.6 is 0 Å². The standard InChI is InChI=1S/C19H15N3O6/c1-28-19(27)13-8-4-5-9-14(13)20-15(23)10-22-17(24)12-7-3-2-6-11(12)16(21-22)18(25)26/h2-9H,10H2,1H3,(H,20,23)(H,25,26). The fraction of sp³-hybridized carbons (Fsp3) is 0.105. The number of carboxylic acids is 1. The van der Waals surface area contributed by atoms with E-state index in [0.29, 0.717) is 0 Å². The summed E-state index contributed by atoms with van der Waals surface area (Å²) < 4.78 is 5.44. The summed E-state index contributed by atoms with van der Waals surface area (Å²) in [4.78, 5) is 48.2. The number of benzene rings is 2. The number of para-hydroxylation sites is 1. The van der Waals surface area contributed by atoms with E-state index in [0.717, 1.165) is 4.68 Å². The number of ether oxygens (including phenoxy) is 1. The van der Waals surface area contributed by atoms with Gasteiger partial charge in [-0.15, -0.1) is 0 Å².